The Hall–Kier alpha value is -0.0800. The Morgan fingerprint density at radius 3 is 2.91 bits per heavy atom. The van der Waals surface area contributed by atoms with Crippen LogP contribution in [0.5, 0.6) is 0 Å². The largest absolute Gasteiger partial charge is 0.374 e. The summed E-state index contributed by atoms with van der Waals surface area (Å²) in [5.74, 6) is 0. The van der Waals surface area contributed by atoms with Crippen LogP contribution in [0, 0.1) is 0 Å². The lowest BCUT2D eigenvalue weighted by molar-refractivity contribution is -0.0461. The van der Waals surface area contributed by atoms with Gasteiger partial charge < -0.3 is 10.1 Å². The Morgan fingerprint density at radius 2 is 2.36 bits per heavy atom. The fourth-order valence-corrected chi connectivity index (χ4v) is 1.50. The third-order valence-electron chi connectivity index (χ3n) is 2.21. The fourth-order valence-electron chi connectivity index (χ4n) is 1.50. The number of hydrogen-bond acceptors (Lipinski definition) is 2. The molecule has 0 amide bonds. The van der Waals surface area contributed by atoms with Crippen molar-refractivity contribution in [3.05, 3.63) is 0 Å². The summed E-state index contributed by atoms with van der Waals surface area (Å²) in [7, 11) is 0. The quantitative estimate of drug-likeness (QED) is 0.671. The van der Waals surface area contributed by atoms with Crippen LogP contribution < -0.4 is 5.32 Å². The molecule has 1 heterocycles. The van der Waals surface area contributed by atoms with Gasteiger partial charge in [-0.05, 0) is 32.7 Å². The Kier molecular flexibility index (Phi) is 3.34. The zero-order valence-corrected chi connectivity index (χ0v) is 7.65. The van der Waals surface area contributed by atoms with E-state index in [2.05, 4.69) is 19.2 Å². The molecule has 2 nitrogen and oxygen atoms in total. The summed E-state index contributed by atoms with van der Waals surface area (Å²) in [6.45, 7) is 7.44. The van der Waals surface area contributed by atoms with Crippen LogP contribution in [0.25, 0.3) is 0 Å². The van der Waals surface area contributed by atoms with Gasteiger partial charge in [-0.2, -0.15) is 0 Å². The Balaban J connectivity index is 2.25. The first kappa shape index (κ1) is 9.01. The second-order valence-electron chi connectivity index (χ2n) is 3.58. The lowest BCUT2D eigenvalue weighted by Crippen LogP contribution is -2.45. The Morgan fingerprint density at radius 1 is 1.55 bits per heavy atom. The molecule has 0 aromatic rings. The van der Waals surface area contributed by atoms with Gasteiger partial charge in [0, 0.05) is 13.2 Å². The number of nitrogens with one attached hydrogen (secondary N) is 1. The highest BCUT2D eigenvalue weighted by molar-refractivity contribution is 4.82. The zero-order chi connectivity index (χ0) is 8.16. The lowest BCUT2D eigenvalue weighted by Gasteiger charge is -2.34. The summed E-state index contributed by atoms with van der Waals surface area (Å²) in [6.07, 6.45) is 3.58. The van der Waals surface area contributed by atoms with Gasteiger partial charge in [0.1, 0.15) is 0 Å². The van der Waals surface area contributed by atoms with Gasteiger partial charge in [-0.15, -0.1) is 0 Å². The minimum atomic E-state index is 0.119. The molecule has 66 valence electrons. The minimum Gasteiger partial charge on any atom is -0.374 e. The van der Waals surface area contributed by atoms with Gasteiger partial charge in [-0.1, -0.05) is 6.92 Å². The summed E-state index contributed by atoms with van der Waals surface area (Å²) >= 11 is 0. The molecule has 0 aromatic carbocycles. The van der Waals surface area contributed by atoms with Crippen molar-refractivity contribution in [1.82, 2.24) is 5.32 Å². The van der Waals surface area contributed by atoms with Crippen molar-refractivity contribution in [1.29, 1.82) is 0 Å². The first-order chi connectivity index (χ1) is 5.27. The number of rotatable bonds is 3. The summed E-state index contributed by atoms with van der Waals surface area (Å²) in [6, 6.07) is 0. The van der Waals surface area contributed by atoms with Crippen molar-refractivity contribution in [2.75, 3.05) is 19.7 Å². The first-order valence-corrected chi connectivity index (χ1v) is 4.61. The van der Waals surface area contributed by atoms with E-state index in [1.165, 1.54) is 12.8 Å². The molecule has 11 heavy (non-hydrogen) atoms. The summed E-state index contributed by atoms with van der Waals surface area (Å²) in [5.41, 5.74) is 0.119. The third-order valence-corrected chi connectivity index (χ3v) is 2.21. The van der Waals surface area contributed by atoms with Crippen molar-refractivity contribution in [2.45, 2.75) is 38.7 Å². The number of piperidine rings is 1. The highest BCUT2D eigenvalue weighted by Crippen LogP contribution is 2.19. The Bertz CT molecular complexity index is 108. The molecule has 1 saturated heterocycles. The molecule has 2 heteroatoms. The van der Waals surface area contributed by atoms with E-state index in [1.807, 2.05) is 0 Å². The predicted molar refractivity (Wildman–Crippen MR) is 46.8 cm³/mol. The van der Waals surface area contributed by atoms with E-state index >= 15 is 0 Å². The third kappa shape index (κ3) is 2.80. The van der Waals surface area contributed by atoms with E-state index in [4.69, 9.17) is 4.74 Å². The summed E-state index contributed by atoms with van der Waals surface area (Å²) < 4.78 is 5.76. The smallest absolute Gasteiger partial charge is 0.0778 e. The maximum Gasteiger partial charge on any atom is 0.0778 e. The molecule has 0 bridgehead atoms. The van der Waals surface area contributed by atoms with Crippen LogP contribution >= 0.6 is 0 Å². The normalized spacial score (nSPS) is 32.2. The standard InChI is InChI=1S/C9H19NO/c1-3-7-11-9(2)5-4-6-10-8-9/h10H,3-8H2,1-2H3. The molecule has 0 aromatic heterocycles. The molecule has 1 aliphatic rings. The molecule has 0 spiro atoms. The molecular formula is C9H19NO. The van der Waals surface area contributed by atoms with Crippen molar-refractivity contribution in [3.8, 4) is 0 Å². The second-order valence-corrected chi connectivity index (χ2v) is 3.58. The molecule has 0 aliphatic carbocycles. The van der Waals surface area contributed by atoms with Gasteiger partial charge in [0.15, 0.2) is 0 Å². The summed E-state index contributed by atoms with van der Waals surface area (Å²) in [4.78, 5) is 0. The van der Waals surface area contributed by atoms with Crippen molar-refractivity contribution >= 4 is 0 Å². The number of hydrogen-bond donors (Lipinski definition) is 1. The van der Waals surface area contributed by atoms with E-state index in [0.29, 0.717) is 0 Å². The van der Waals surface area contributed by atoms with Crippen molar-refractivity contribution < 1.29 is 4.74 Å². The minimum absolute atomic E-state index is 0.119. The molecule has 1 N–H and O–H groups in total. The molecule has 1 atom stereocenters. The SMILES string of the molecule is CCCOC1(C)CCCNC1. The van der Waals surface area contributed by atoms with Crippen LogP contribution in [-0.2, 0) is 4.74 Å². The highest BCUT2D eigenvalue weighted by Gasteiger charge is 2.26. The van der Waals surface area contributed by atoms with Crippen LogP contribution in [-0.4, -0.2) is 25.3 Å². The molecule has 1 fully saturated rings. The van der Waals surface area contributed by atoms with Gasteiger partial charge in [0.25, 0.3) is 0 Å². The van der Waals surface area contributed by atoms with E-state index in [-0.39, 0.29) is 5.60 Å². The molecule has 1 aliphatic heterocycles. The van der Waals surface area contributed by atoms with Crippen LogP contribution in [0.3, 0.4) is 0 Å². The van der Waals surface area contributed by atoms with Gasteiger partial charge in [-0.25, -0.2) is 0 Å². The fraction of sp³-hybridized carbons (Fsp3) is 1.00. The maximum absolute atomic E-state index is 5.76. The zero-order valence-electron chi connectivity index (χ0n) is 7.65. The van der Waals surface area contributed by atoms with Crippen molar-refractivity contribution in [3.63, 3.8) is 0 Å². The molecule has 1 unspecified atom stereocenters. The van der Waals surface area contributed by atoms with E-state index in [1.54, 1.807) is 0 Å². The van der Waals surface area contributed by atoms with Gasteiger partial charge in [0.2, 0.25) is 0 Å². The maximum atomic E-state index is 5.76. The molecule has 0 radical (unpaired) electrons. The van der Waals surface area contributed by atoms with Gasteiger partial charge in [0.05, 0.1) is 5.60 Å². The molecule has 1 rings (SSSR count). The van der Waals surface area contributed by atoms with Crippen LogP contribution in [0.4, 0.5) is 0 Å². The second kappa shape index (κ2) is 4.07. The topological polar surface area (TPSA) is 21.3 Å². The average Bonchev–Trinajstić information content (AvgIpc) is 2.03. The first-order valence-electron chi connectivity index (χ1n) is 4.61. The monoisotopic (exact) mass is 157 g/mol. The van der Waals surface area contributed by atoms with E-state index in [9.17, 15) is 0 Å². The molecular weight excluding hydrogens is 138 g/mol. The van der Waals surface area contributed by atoms with Gasteiger partial charge in [-0.3, -0.25) is 0 Å². The average molecular weight is 157 g/mol. The number of ether oxygens (including phenoxy) is 1. The van der Waals surface area contributed by atoms with E-state index < -0.39 is 0 Å². The van der Waals surface area contributed by atoms with Crippen LogP contribution in [0.1, 0.15) is 33.1 Å². The lowest BCUT2D eigenvalue weighted by atomic mass is 9.96. The molecule has 0 saturated carbocycles. The van der Waals surface area contributed by atoms with Crippen LogP contribution in [0.2, 0.25) is 0 Å². The van der Waals surface area contributed by atoms with Crippen molar-refractivity contribution in [2.24, 2.45) is 0 Å². The highest BCUT2D eigenvalue weighted by atomic mass is 16.5. The summed E-state index contributed by atoms with van der Waals surface area (Å²) in [5, 5.41) is 3.36. The predicted octanol–water partition coefficient (Wildman–Crippen LogP) is 1.56. The van der Waals surface area contributed by atoms with Crippen LogP contribution in [0.15, 0.2) is 0 Å². The Labute approximate surface area is 69.3 Å². The van der Waals surface area contributed by atoms with E-state index in [0.717, 1.165) is 26.1 Å². The van der Waals surface area contributed by atoms with Gasteiger partial charge >= 0.3 is 0 Å².